The van der Waals surface area contributed by atoms with Gasteiger partial charge in [-0.05, 0) is 44.5 Å². The lowest BCUT2D eigenvalue weighted by Crippen LogP contribution is -2.28. The lowest BCUT2D eigenvalue weighted by Gasteiger charge is -2.15. The molecule has 6 nitrogen and oxygen atoms in total. The average molecular weight is 465 g/mol. The molecule has 1 unspecified atom stereocenters. The van der Waals surface area contributed by atoms with Gasteiger partial charge in [-0.15, -0.1) is 23.4 Å². The van der Waals surface area contributed by atoms with Gasteiger partial charge in [0.15, 0.2) is 11.0 Å². The van der Waals surface area contributed by atoms with Crippen LogP contribution in [-0.4, -0.2) is 32.8 Å². The van der Waals surface area contributed by atoms with Crippen molar-refractivity contribution in [1.82, 2.24) is 20.1 Å². The summed E-state index contributed by atoms with van der Waals surface area (Å²) in [5.41, 5.74) is 2.74. The number of benzene rings is 2. The molecule has 0 aliphatic carbocycles. The number of aromatic nitrogens is 3. The van der Waals surface area contributed by atoms with Crippen LogP contribution in [0.3, 0.4) is 0 Å². The first-order valence-electron chi connectivity index (χ1n) is 9.94. The zero-order valence-corrected chi connectivity index (χ0v) is 18.6. The van der Waals surface area contributed by atoms with Crippen molar-refractivity contribution in [1.29, 1.82) is 0 Å². The van der Waals surface area contributed by atoms with Crippen LogP contribution in [0.15, 0.2) is 53.7 Å². The Morgan fingerprint density at radius 2 is 1.91 bits per heavy atom. The fourth-order valence-electron chi connectivity index (χ4n) is 3.13. The number of hydrogen-bond acceptors (Lipinski definition) is 5. The van der Waals surface area contributed by atoms with Crippen LogP contribution < -0.4 is 10.1 Å². The Labute approximate surface area is 188 Å². The van der Waals surface area contributed by atoms with Gasteiger partial charge in [0.1, 0.15) is 5.75 Å². The van der Waals surface area contributed by atoms with Gasteiger partial charge < -0.3 is 14.6 Å². The summed E-state index contributed by atoms with van der Waals surface area (Å²) in [6.07, 6.45) is -4.74. The summed E-state index contributed by atoms with van der Waals surface area (Å²) in [5, 5.41) is 12.0. The van der Waals surface area contributed by atoms with Crippen molar-refractivity contribution >= 4 is 17.7 Å². The van der Waals surface area contributed by atoms with E-state index in [2.05, 4.69) is 20.3 Å². The molecule has 170 valence electrons. The zero-order chi connectivity index (χ0) is 23.3. The number of thioether (sulfide) groups is 1. The molecule has 3 rings (SSSR count). The molecule has 0 aliphatic heterocycles. The summed E-state index contributed by atoms with van der Waals surface area (Å²) in [7, 11) is 0. The molecule has 10 heteroatoms. The molecule has 1 amide bonds. The Hall–Kier alpha value is -3.01. The summed E-state index contributed by atoms with van der Waals surface area (Å²) < 4.78 is 42.6. The number of rotatable bonds is 8. The average Bonchev–Trinajstić information content (AvgIpc) is 3.14. The molecule has 1 heterocycles. The van der Waals surface area contributed by atoms with E-state index in [1.807, 2.05) is 42.7 Å². The fraction of sp³-hybridized carbons (Fsp3) is 0.318. The highest BCUT2D eigenvalue weighted by Gasteiger charge is 2.31. The monoisotopic (exact) mass is 464 g/mol. The van der Waals surface area contributed by atoms with Crippen molar-refractivity contribution in [2.75, 3.05) is 5.75 Å². The predicted molar refractivity (Wildman–Crippen MR) is 116 cm³/mol. The number of carbonyl (C=O) groups is 1. The van der Waals surface area contributed by atoms with Gasteiger partial charge in [0, 0.05) is 12.1 Å². The second kappa shape index (κ2) is 10.1. The highest BCUT2D eigenvalue weighted by molar-refractivity contribution is 7.99. The van der Waals surface area contributed by atoms with Gasteiger partial charge in [0.2, 0.25) is 5.91 Å². The third-order valence-electron chi connectivity index (χ3n) is 4.63. The molecule has 0 fully saturated rings. The second-order valence-corrected chi connectivity index (χ2v) is 8.06. The topological polar surface area (TPSA) is 69.0 Å². The fourth-order valence-corrected chi connectivity index (χ4v) is 3.95. The molecule has 0 bridgehead atoms. The predicted octanol–water partition coefficient (Wildman–Crippen LogP) is 5.14. The highest BCUT2D eigenvalue weighted by Crippen LogP contribution is 2.26. The van der Waals surface area contributed by atoms with Crippen molar-refractivity contribution in [2.24, 2.45) is 0 Å². The Morgan fingerprint density at radius 1 is 1.19 bits per heavy atom. The van der Waals surface area contributed by atoms with Gasteiger partial charge in [0.05, 0.1) is 11.8 Å². The van der Waals surface area contributed by atoms with Crippen molar-refractivity contribution in [3.63, 3.8) is 0 Å². The van der Waals surface area contributed by atoms with E-state index in [1.165, 1.54) is 36.0 Å². The molecule has 2 aromatic carbocycles. The van der Waals surface area contributed by atoms with Crippen LogP contribution in [-0.2, 0) is 11.3 Å². The van der Waals surface area contributed by atoms with E-state index in [1.54, 1.807) is 6.92 Å². The second-order valence-electron chi connectivity index (χ2n) is 7.11. The maximum atomic E-state index is 12.4. The van der Waals surface area contributed by atoms with E-state index in [0.29, 0.717) is 17.3 Å². The third-order valence-corrected chi connectivity index (χ3v) is 5.60. The number of nitrogens with zero attached hydrogens (tertiary/aromatic N) is 3. The van der Waals surface area contributed by atoms with Gasteiger partial charge in [-0.25, -0.2) is 0 Å². The first-order chi connectivity index (χ1) is 15.2. The number of carbonyl (C=O) groups excluding carboxylic acids is 1. The number of aryl methyl sites for hydroxylation is 1. The van der Waals surface area contributed by atoms with Crippen LogP contribution in [0.1, 0.15) is 31.0 Å². The van der Waals surface area contributed by atoms with E-state index in [4.69, 9.17) is 0 Å². The van der Waals surface area contributed by atoms with Gasteiger partial charge in [0.25, 0.3) is 0 Å². The Bertz CT molecular complexity index is 1070. The van der Waals surface area contributed by atoms with Crippen molar-refractivity contribution < 1.29 is 22.7 Å². The number of hydrogen-bond donors (Lipinski definition) is 1. The molecule has 1 aromatic heterocycles. The summed E-state index contributed by atoms with van der Waals surface area (Å²) in [6, 6.07) is 13.0. The van der Waals surface area contributed by atoms with Crippen LogP contribution in [0, 0.1) is 6.92 Å². The minimum atomic E-state index is -4.74. The standard InChI is InChI=1S/C22H23F3N4O2S/c1-4-29-20(17-7-5-6-14(2)12-17)27-28-21(29)32-13-19(30)26-15(3)16-8-10-18(11-9-16)31-22(23,24)25/h5-12,15H,4,13H2,1-3H3,(H,26,30). The largest absolute Gasteiger partial charge is 0.573 e. The van der Waals surface area contributed by atoms with Gasteiger partial charge in [-0.2, -0.15) is 0 Å². The molecule has 0 saturated carbocycles. The van der Waals surface area contributed by atoms with Gasteiger partial charge >= 0.3 is 6.36 Å². The normalized spacial score (nSPS) is 12.4. The molecule has 0 spiro atoms. The minimum absolute atomic E-state index is 0.131. The van der Waals surface area contributed by atoms with Crippen LogP contribution in [0.25, 0.3) is 11.4 Å². The highest BCUT2D eigenvalue weighted by atomic mass is 32.2. The van der Waals surface area contributed by atoms with E-state index in [9.17, 15) is 18.0 Å². The Morgan fingerprint density at radius 3 is 2.53 bits per heavy atom. The maximum Gasteiger partial charge on any atom is 0.573 e. The third kappa shape index (κ3) is 6.25. The first kappa shape index (κ1) is 23.6. The molecule has 0 radical (unpaired) electrons. The van der Waals surface area contributed by atoms with Crippen molar-refractivity contribution in [3.05, 3.63) is 59.7 Å². The van der Waals surface area contributed by atoms with E-state index in [0.717, 1.165) is 17.0 Å². The number of amides is 1. The number of nitrogens with one attached hydrogen (secondary N) is 1. The zero-order valence-electron chi connectivity index (χ0n) is 17.8. The lowest BCUT2D eigenvalue weighted by molar-refractivity contribution is -0.274. The summed E-state index contributed by atoms with van der Waals surface area (Å²) >= 11 is 1.28. The molecule has 3 aromatic rings. The smallest absolute Gasteiger partial charge is 0.406 e. The van der Waals surface area contributed by atoms with Crippen molar-refractivity contribution in [2.45, 2.75) is 44.9 Å². The maximum absolute atomic E-state index is 12.4. The van der Waals surface area contributed by atoms with Gasteiger partial charge in [-0.3, -0.25) is 4.79 Å². The van der Waals surface area contributed by atoms with Crippen molar-refractivity contribution in [3.8, 4) is 17.1 Å². The molecular weight excluding hydrogens is 441 g/mol. The Balaban J connectivity index is 1.59. The van der Waals surface area contributed by atoms with E-state index < -0.39 is 6.36 Å². The molecule has 32 heavy (non-hydrogen) atoms. The molecule has 1 N–H and O–H groups in total. The molecular formula is C22H23F3N4O2S. The summed E-state index contributed by atoms with van der Waals surface area (Å²) in [5.74, 6) is 0.346. The van der Waals surface area contributed by atoms with Crippen LogP contribution >= 0.6 is 11.8 Å². The van der Waals surface area contributed by atoms with Gasteiger partial charge in [-0.1, -0.05) is 47.7 Å². The minimum Gasteiger partial charge on any atom is -0.406 e. The van der Waals surface area contributed by atoms with Crippen LogP contribution in [0.2, 0.25) is 0 Å². The lowest BCUT2D eigenvalue weighted by atomic mass is 10.1. The number of halogens is 3. The summed E-state index contributed by atoms with van der Waals surface area (Å²) in [4.78, 5) is 12.4. The van der Waals surface area contributed by atoms with E-state index >= 15 is 0 Å². The first-order valence-corrected chi connectivity index (χ1v) is 10.9. The summed E-state index contributed by atoms with van der Waals surface area (Å²) in [6.45, 7) is 6.41. The van der Waals surface area contributed by atoms with E-state index in [-0.39, 0.29) is 23.5 Å². The SMILES string of the molecule is CCn1c(SCC(=O)NC(C)c2ccc(OC(F)(F)F)cc2)nnc1-c1cccc(C)c1. The number of ether oxygens (including phenoxy) is 1. The van der Waals surface area contributed by atoms with Crippen LogP contribution in [0.5, 0.6) is 5.75 Å². The quantitative estimate of drug-likeness (QED) is 0.468. The Kier molecular flexibility index (Phi) is 7.44. The molecule has 1 atom stereocenters. The number of alkyl halides is 3. The molecule has 0 aliphatic rings. The molecule has 0 saturated heterocycles. The van der Waals surface area contributed by atoms with Crippen LogP contribution in [0.4, 0.5) is 13.2 Å².